The van der Waals surface area contributed by atoms with Gasteiger partial charge >= 0.3 is 0 Å². The minimum Gasteiger partial charge on any atom is -0.468 e. The number of ether oxygens (including phenoxy) is 1. The van der Waals surface area contributed by atoms with E-state index in [4.69, 9.17) is 17.0 Å². The van der Waals surface area contributed by atoms with Crippen LogP contribution in [0.3, 0.4) is 0 Å². The number of aryl methyl sites for hydroxylation is 2. The highest BCUT2D eigenvalue weighted by atomic mass is 32.1. The third-order valence-corrected chi connectivity index (χ3v) is 4.47. The third-order valence-electron chi connectivity index (χ3n) is 3.99. The second-order valence-electron chi connectivity index (χ2n) is 5.74. The maximum absolute atomic E-state index is 6.27. The third kappa shape index (κ3) is 3.77. The van der Waals surface area contributed by atoms with E-state index >= 15 is 0 Å². The number of rotatable bonds is 7. The van der Waals surface area contributed by atoms with Crippen molar-refractivity contribution in [1.29, 1.82) is 0 Å². The summed E-state index contributed by atoms with van der Waals surface area (Å²) in [5.41, 5.74) is 2.40. The Morgan fingerprint density at radius 3 is 2.68 bits per heavy atom. The van der Waals surface area contributed by atoms with Crippen LogP contribution in [0.1, 0.15) is 50.0 Å². The molecule has 1 aromatic carbocycles. The molecule has 0 N–H and O–H groups in total. The Kier molecular flexibility index (Phi) is 5.77. The number of nitrogens with zero attached hydrogens (tertiary/aromatic N) is 3. The monoisotopic (exact) mass is 319 g/mol. The largest absolute Gasteiger partial charge is 0.468 e. The van der Waals surface area contributed by atoms with Crippen LogP contribution in [0.25, 0.3) is 0 Å². The maximum Gasteiger partial charge on any atom is 0.200 e. The fourth-order valence-corrected chi connectivity index (χ4v) is 2.60. The molecule has 0 saturated carbocycles. The zero-order chi connectivity index (χ0) is 16.1. The molecule has 0 spiro atoms. The first-order chi connectivity index (χ1) is 10.5. The summed E-state index contributed by atoms with van der Waals surface area (Å²) in [6, 6.07) is 6.14. The quantitative estimate of drug-likeness (QED) is 0.546. The predicted molar refractivity (Wildman–Crippen MR) is 91.8 cm³/mol. The summed E-state index contributed by atoms with van der Waals surface area (Å²) in [6.07, 6.45) is 5.97. The lowest BCUT2D eigenvalue weighted by molar-refractivity contribution is 0.102. The van der Waals surface area contributed by atoms with Gasteiger partial charge < -0.3 is 9.30 Å². The molecule has 0 aliphatic heterocycles. The van der Waals surface area contributed by atoms with Crippen LogP contribution in [-0.2, 0) is 7.05 Å². The highest BCUT2D eigenvalue weighted by Crippen LogP contribution is 2.27. The number of benzene rings is 1. The molecule has 1 atom stereocenters. The molecule has 4 nitrogen and oxygen atoms in total. The van der Waals surface area contributed by atoms with Crippen molar-refractivity contribution < 1.29 is 4.74 Å². The molecule has 0 radical (unpaired) electrons. The minimum atomic E-state index is -0.152. The Balaban J connectivity index is 2.26. The summed E-state index contributed by atoms with van der Waals surface area (Å²) in [7, 11) is 1.91. The van der Waals surface area contributed by atoms with Gasteiger partial charge in [-0.15, -0.1) is 0 Å². The van der Waals surface area contributed by atoms with Gasteiger partial charge in [-0.3, -0.25) is 0 Å². The van der Waals surface area contributed by atoms with Gasteiger partial charge in [0.05, 0.1) is 0 Å². The summed E-state index contributed by atoms with van der Waals surface area (Å²) in [5.74, 6) is 0.911. The average molecular weight is 319 g/mol. The fourth-order valence-electron chi connectivity index (χ4n) is 2.39. The van der Waals surface area contributed by atoms with Crippen molar-refractivity contribution in [3.05, 3.63) is 40.4 Å². The molecule has 1 aromatic heterocycles. The first kappa shape index (κ1) is 16.7. The summed E-state index contributed by atoms with van der Waals surface area (Å²) in [5, 5.41) is 4.39. The Morgan fingerprint density at radius 1 is 1.27 bits per heavy atom. The molecule has 2 rings (SSSR count). The average Bonchev–Trinajstić information content (AvgIpc) is 2.83. The molecule has 0 fully saturated rings. The van der Waals surface area contributed by atoms with Crippen molar-refractivity contribution in [3.8, 4) is 5.75 Å². The van der Waals surface area contributed by atoms with E-state index < -0.39 is 0 Å². The smallest absolute Gasteiger partial charge is 0.200 e. The highest BCUT2D eigenvalue weighted by molar-refractivity contribution is 7.71. The van der Waals surface area contributed by atoms with Gasteiger partial charge in [0, 0.05) is 13.5 Å². The van der Waals surface area contributed by atoms with Gasteiger partial charge in [-0.05, 0) is 49.7 Å². The molecule has 0 aliphatic rings. The molecule has 22 heavy (non-hydrogen) atoms. The normalized spacial score (nSPS) is 12.4. The highest BCUT2D eigenvalue weighted by Gasteiger charge is 2.17. The lowest BCUT2D eigenvalue weighted by Crippen LogP contribution is -2.18. The van der Waals surface area contributed by atoms with E-state index in [0.29, 0.717) is 4.77 Å². The standard InChI is InChI=1S/C17H25N3OS/c1-5-6-7-11-16(20-17(22)19(4)12-18-20)21-15-10-8-9-13(2)14(15)3/h8-10,12,16H,5-7,11H2,1-4H3. The van der Waals surface area contributed by atoms with Crippen molar-refractivity contribution in [2.45, 2.75) is 52.7 Å². The summed E-state index contributed by atoms with van der Waals surface area (Å²) < 4.78 is 10.6. The SMILES string of the molecule is CCCCCC(Oc1cccc(C)c1C)n1ncn(C)c1=S. The van der Waals surface area contributed by atoms with Crippen LogP contribution in [0, 0.1) is 18.6 Å². The number of hydrogen-bond acceptors (Lipinski definition) is 3. The van der Waals surface area contributed by atoms with Crippen LogP contribution >= 0.6 is 12.2 Å². The Bertz CT molecular complexity index is 675. The second kappa shape index (κ2) is 7.58. The van der Waals surface area contributed by atoms with Gasteiger partial charge in [0.1, 0.15) is 12.1 Å². The summed E-state index contributed by atoms with van der Waals surface area (Å²) >= 11 is 5.44. The van der Waals surface area contributed by atoms with Gasteiger partial charge in [0.2, 0.25) is 4.77 Å². The molecule has 0 bridgehead atoms. The molecule has 0 amide bonds. The molecule has 0 aliphatic carbocycles. The van der Waals surface area contributed by atoms with Crippen molar-refractivity contribution in [2.75, 3.05) is 0 Å². The van der Waals surface area contributed by atoms with Gasteiger partial charge in [-0.2, -0.15) is 9.78 Å². The van der Waals surface area contributed by atoms with Gasteiger partial charge in [-0.1, -0.05) is 31.9 Å². The second-order valence-corrected chi connectivity index (χ2v) is 6.10. The van der Waals surface area contributed by atoms with Crippen LogP contribution in [-0.4, -0.2) is 14.3 Å². The van der Waals surface area contributed by atoms with Crippen molar-refractivity contribution >= 4 is 12.2 Å². The van der Waals surface area contributed by atoms with E-state index in [9.17, 15) is 0 Å². The maximum atomic E-state index is 6.27. The number of unbranched alkanes of at least 4 members (excludes halogenated alkanes) is 2. The zero-order valence-corrected chi connectivity index (χ0v) is 14.7. The molecule has 1 heterocycles. The molecule has 1 unspecified atom stereocenters. The van der Waals surface area contributed by atoms with Crippen molar-refractivity contribution in [2.24, 2.45) is 7.05 Å². The van der Waals surface area contributed by atoms with Crippen LogP contribution in [0.5, 0.6) is 5.75 Å². The van der Waals surface area contributed by atoms with Gasteiger partial charge in [-0.25, -0.2) is 0 Å². The van der Waals surface area contributed by atoms with E-state index in [0.717, 1.165) is 18.6 Å². The van der Waals surface area contributed by atoms with E-state index in [1.165, 1.54) is 24.0 Å². The van der Waals surface area contributed by atoms with Crippen LogP contribution in [0.15, 0.2) is 24.5 Å². The molecule has 120 valence electrons. The van der Waals surface area contributed by atoms with Crippen LogP contribution in [0.4, 0.5) is 0 Å². The summed E-state index contributed by atoms with van der Waals surface area (Å²) in [6.45, 7) is 6.39. The van der Waals surface area contributed by atoms with E-state index in [1.807, 2.05) is 28.4 Å². The molecular formula is C17H25N3OS. The zero-order valence-electron chi connectivity index (χ0n) is 13.9. The predicted octanol–water partition coefficient (Wildman–Crippen LogP) is 4.73. The molecule has 0 saturated heterocycles. The van der Waals surface area contributed by atoms with Crippen LogP contribution in [0.2, 0.25) is 0 Å². The van der Waals surface area contributed by atoms with E-state index in [1.54, 1.807) is 6.33 Å². The van der Waals surface area contributed by atoms with Gasteiger partial charge in [0.25, 0.3) is 0 Å². The van der Waals surface area contributed by atoms with Crippen molar-refractivity contribution in [1.82, 2.24) is 14.3 Å². The number of hydrogen-bond donors (Lipinski definition) is 0. The molecule has 2 aromatic rings. The Labute approximate surface area is 137 Å². The van der Waals surface area contributed by atoms with E-state index in [2.05, 4.69) is 31.9 Å². The first-order valence-corrected chi connectivity index (χ1v) is 8.28. The van der Waals surface area contributed by atoms with Crippen molar-refractivity contribution in [3.63, 3.8) is 0 Å². The van der Waals surface area contributed by atoms with Gasteiger partial charge in [0.15, 0.2) is 6.23 Å². The Hall–Kier alpha value is -1.62. The lowest BCUT2D eigenvalue weighted by Gasteiger charge is -2.21. The van der Waals surface area contributed by atoms with Crippen LogP contribution < -0.4 is 4.74 Å². The minimum absolute atomic E-state index is 0.152. The number of aromatic nitrogens is 3. The summed E-state index contributed by atoms with van der Waals surface area (Å²) in [4.78, 5) is 0. The topological polar surface area (TPSA) is 32.0 Å². The van der Waals surface area contributed by atoms with E-state index in [-0.39, 0.29) is 6.23 Å². The Morgan fingerprint density at radius 2 is 2.05 bits per heavy atom. The first-order valence-electron chi connectivity index (χ1n) is 7.87. The fraction of sp³-hybridized carbons (Fsp3) is 0.529. The molecular weight excluding hydrogens is 294 g/mol. The molecule has 5 heteroatoms. The lowest BCUT2D eigenvalue weighted by atomic mass is 10.1.